The van der Waals surface area contributed by atoms with Crippen molar-refractivity contribution in [3.05, 3.63) is 60.2 Å². The third kappa shape index (κ3) is 3.48. The largest absolute Gasteiger partial charge is 0.492 e. The zero-order valence-electron chi connectivity index (χ0n) is 12.1. The zero-order chi connectivity index (χ0) is 15.2. The first kappa shape index (κ1) is 14.2. The van der Waals surface area contributed by atoms with Crippen LogP contribution in [0.2, 0.25) is 0 Å². The van der Waals surface area contributed by atoms with E-state index in [4.69, 9.17) is 10.5 Å². The van der Waals surface area contributed by atoms with Crippen LogP contribution in [0.3, 0.4) is 0 Å². The average molecular weight is 295 g/mol. The maximum absolute atomic E-state index is 5.44. The zero-order valence-corrected chi connectivity index (χ0v) is 12.1. The molecular formula is C16H17N5O. The van der Waals surface area contributed by atoms with Crippen LogP contribution in [-0.2, 0) is 6.54 Å². The molecule has 0 atom stereocenters. The molecule has 0 fully saturated rings. The fraction of sp³-hybridized carbons (Fsp3) is 0.188. The van der Waals surface area contributed by atoms with Gasteiger partial charge >= 0.3 is 0 Å². The topological polar surface area (TPSA) is 78.9 Å². The molecule has 3 aromatic rings. The summed E-state index contributed by atoms with van der Waals surface area (Å²) in [5.41, 5.74) is 7.45. The van der Waals surface area contributed by atoms with Gasteiger partial charge in [0.15, 0.2) is 0 Å². The van der Waals surface area contributed by atoms with Gasteiger partial charge in [0.2, 0.25) is 5.82 Å². The first-order valence-electron chi connectivity index (χ1n) is 7.10. The van der Waals surface area contributed by atoms with Crippen molar-refractivity contribution >= 4 is 0 Å². The lowest BCUT2D eigenvalue weighted by Gasteiger charge is -2.04. The first-order chi connectivity index (χ1) is 10.8. The van der Waals surface area contributed by atoms with E-state index in [0.29, 0.717) is 25.5 Å². The molecule has 0 radical (unpaired) electrons. The second-order valence-electron chi connectivity index (χ2n) is 4.79. The van der Waals surface area contributed by atoms with E-state index in [1.54, 1.807) is 4.80 Å². The number of tetrazole rings is 1. The Labute approximate surface area is 128 Å². The van der Waals surface area contributed by atoms with E-state index in [-0.39, 0.29) is 0 Å². The predicted octanol–water partition coefficient (Wildman–Crippen LogP) is 1.73. The van der Waals surface area contributed by atoms with Crippen LogP contribution in [0, 0.1) is 0 Å². The SMILES string of the molecule is NCCOc1ccc(-c2nnn(Cc3ccccc3)n2)cc1. The summed E-state index contributed by atoms with van der Waals surface area (Å²) in [5.74, 6) is 1.38. The summed E-state index contributed by atoms with van der Waals surface area (Å²) < 4.78 is 5.44. The lowest BCUT2D eigenvalue weighted by atomic mass is 10.2. The third-order valence-electron chi connectivity index (χ3n) is 3.12. The maximum Gasteiger partial charge on any atom is 0.204 e. The van der Waals surface area contributed by atoms with Crippen molar-refractivity contribution in [3.8, 4) is 17.1 Å². The molecule has 112 valence electrons. The lowest BCUT2D eigenvalue weighted by Crippen LogP contribution is -2.10. The highest BCUT2D eigenvalue weighted by Gasteiger charge is 2.06. The van der Waals surface area contributed by atoms with Crippen LogP contribution < -0.4 is 10.5 Å². The molecule has 1 aromatic heterocycles. The Bertz CT molecular complexity index is 709. The van der Waals surface area contributed by atoms with E-state index < -0.39 is 0 Å². The number of nitrogens with zero attached hydrogens (tertiary/aromatic N) is 4. The molecule has 2 N–H and O–H groups in total. The van der Waals surface area contributed by atoms with Crippen LogP contribution in [-0.4, -0.2) is 33.4 Å². The van der Waals surface area contributed by atoms with Gasteiger partial charge in [0.25, 0.3) is 0 Å². The van der Waals surface area contributed by atoms with Gasteiger partial charge in [-0.05, 0) is 35.0 Å². The van der Waals surface area contributed by atoms with Gasteiger partial charge in [-0.3, -0.25) is 0 Å². The molecule has 6 nitrogen and oxygen atoms in total. The fourth-order valence-corrected chi connectivity index (χ4v) is 2.05. The van der Waals surface area contributed by atoms with E-state index in [2.05, 4.69) is 15.4 Å². The highest BCUT2D eigenvalue weighted by Crippen LogP contribution is 2.18. The van der Waals surface area contributed by atoms with E-state index >= 15 is 0 Å². The monoisotopic (exact) mass is 295 g/mol. The van der Waals surface area contributed by atoms with Crippen molar-refractivity contribution in [3.63, 3.8) is 0 Å². The summed E-state index contributed by atoms with van der Waals surface area (Å²) in [4.78, 5) is 1.59. The van der Waals surface area contributed by atoms with Gasteiger partial charge in [-0.1, -0.05) is 30.3 Å². The summed E-state index contributed by atoms with van der Waals surface area (Å²) in [7, 11) is 0. The molecule has 0 aliphatic rings. The van der Waals surface area contributed by atoms with Crippen LogP contribution in [0.1, 0.15) is 5.56 Å². The van der Waals surface area contributed by atoms with Crippen molar-refractivity contribution in [1.29, 1.82) is 0 Å². The second-order valence-corrected chi connectivity index (χ2v) is 4.79. The van der Waals surface area contributed by atoms with E-state index in [1.807, 2.05) is 54.6 Å². The Morgan fingerprint density at radius 1 is 1.00 bits per heavy atom. The Kier molecular flexibility index (Phi) is 4.41. The van der Waals surface area contributed by atoms with E-state index in [1.165, 1.54) is 0 Å². The number of ether oxygens (including phenoxy) is 1. The standard InChI is InChI=1S/C16H17N5O/c17-10-11-22-15-8-6-14(7-9-15)16-18-20-21(19-16)12-13-4-2-1-3-5-13/h1-9H,10-12,17H2. The van der Waals surface area contributed by atoms with Gasteiger partial charge in [-0.2, -0.15) is 4.80 Å². The average Bonchev–Trinajstić information content (AvgIpc) is 3.03. The number of hydrogen-bond donors (Lipinski definition) is 1. The van der Waals surface area contributed by atoms with Gasteiger partial charge in [0.05, 0.1) is 6.54 Å². The van der Waals surface area contributed by atoms with Gasteiger partial charge in [-0.15, -0.1) is 10.2 Å². The molecule has 0 bridgehead atoms. The summed E-state index contributed by atoms with van der Waals surface area (Å²) >= 11 is 0. The van der Waals surface area contributed by atoms with Gasteiger partial charge in [-0.25, -0.2) is 0 Å². The van der Waals surface area contributed by atoms with E-state index in [0.717, 1.165) is 16.9 Å². The highest BCUT2D eigenvalue weighted by molar-refractivity contribution is 5.55. The molecule has 0 unspecified atom stereocenters. The smallest absolute Gasteiger partial charge is 0.204 e. The summed E-state index contributed by atoms with van der Waals surface area (Å²) in [6.07, 6.45) is 0. The van der Waals surface area contributed by atoms with E-state index in [9.17, 15) is 0 Å². The minimum atomic E-state index is 0.497. The molecule has 3 rings (SSSR count). The highest BCUT2D eigenvalue weighted by atomic mass is 16.5. The third-order valence-corrected chi connectivity index (χ3v) is 3.12. The number of aromatic nitrogens is 4. The molecule has 0 aliphatic carbocycles. The van der Waals surface area contributed by atoms with Crippen molar-refractivity contribution < 1.29 is 4.74 Å². The predicted molar refractivity (Wildman–Crippen MR) is 83.3 cm³/mol. The summed E-state index contributed by atoms with van der Waals surface area (Å²) in [6.45, 7) is 1.60. The van der Waals surface area contributed by atoms with Crippen LogP contribution in [0.5, 0.6) is 5.75 Å². The Morgan fingerprint density at radius 2 is 1.77 bits per heavy atom. The second kappa shape index (κ2) is 6.82. The Hall–Kier alpha value is -2.73. The van der Waals surface area contributed by atoms with Gasteiger partial charge in [0.1, 0.15) is 12.4 Å². The normalized spacial score (nSPS) is 10.6. The number of rotatable bonds is 6. The number of hydrogen-bond acceptors (Lipinski definition) is 5. The minimum Gasteiger partial charge on any atom is -0.492 e. The molecule has 2 aromatic carbocycles. The van der Waals surface area contributed by atoms with Crippen molar-refractivity contribution in [2.45, 2.75) is 6.54 Å². The molecule has 0 saturated carbocycles. The molecule has 0 spiro atoms. The fourth-order valence-electron chi connectivity index (χ4n) is 2.05. The van der Waals surface area contributed by atoms with Gasteiger partial charge in [0, 0.05) is 12.1 Å². The minimum absolute atomic E-state index is 0.497. The Morgan fingerprint density at radius 3 is 2.50 bits per heavy atom. The quantitative estimate of drug-likeness (QED) is 0.749. The molecule has 22 heavy (non-hydrogen) atoms. The number of nitrogens with two attached hydrogens (primary N) is 1. The van der Waals surface area contributed by atoms with Crippen LogP contribution in [0.15, 0.2) is 54.6 Å². The number of benzene rings is 2. The van der Waals surface area contributed by atoms with Crippen molar-refractivity contribution in [1.82, 2.24) is 20.2 Å². The van der Waals surface area contributed by atoms with Crippen molar-refractivity contribution in [2.24, 2.45) is 5.73 Å². The van der Waals surface area contributed by atoms with Crippen LogP contribution >= 0.6 is 0 Å². The maximum atomic E-state index is 5.44. The summed E-state index contributed by atoms with van der Waals surface area (Å²) in [5, 5.41) is 12.6. The summed E-state index contributed by atoms with van der Waals surface area (Å²) in [6, 6.07) is 17.6. The molecular weight excluding hydrogens is 278 g/mol. The molecule has 0 aliphatic heterocycles. The molecule has 0 saturated heterocycles. The lowest BCUT2D eigenvalue weighted by molar-refractivity contribution is 0.328. The molecule has 6 heteroatoms. The Balaban J connectivity index is 1.70. The van der Waals surface area contributed by atoms with Crippen molar-refractivity contribution in [2.75, 3.05) is 13.2 Å². The first-order valence-corrected chi connectivity index (χ1v) is 7.10. The van der Waals surface area contributed by atoms with Gasteiger partial charge < -0.3 is 10.5 Å². The molecule has 1 heterocycles. The molecule has 0 amide bonds. The van der Waals surface area contributed by atoms with Crippen LogP contribution in [0.4, 0.5) is 0 Å². The van der Waals surface area contributed by atoms with Crippen LogP contribution in [0.25, 0.3) is 11.4 Å².